The number of halogens is 2. The van der Waals surface area contributed by atoms with Gasteiger partial charge in [-0.25, -0.2) is 4.98 Å². The van der Waals surface area contributed by atoms with Gasteiger partial charge in [-0.3, -0.25) is 0 Å². The van der Waals surface area contributed by atoms with Crippen LogP contribution in [0.15, 0.2) is 41.4 Å². The highest BCUT2D eigenvalue weighted by atomic mass is 79.9. The average molecular weight is 360 g/mol. The van der Waals surface area contributed by atoms with E-state index >= 15 is 0 Å². The zero-order valence-electron chi connectivity index (χ0n) is 11.8. The van der Waals surface area contributed by atoms with Crippen LogP contribution in [-0.4, -0.2) is 16.2 Å². The Bertz CT molecular complexity index is 515. The third-order valence-electron chi connectivity index (χ3n) is 2.97. The molecule has 2 aromatic rings. The van der Waals surface area contributed by atoms with E-state index in [-0.39, 0.29) is 12.4 Å². The number of nitrogens with zero attached hydrogens (tertiary/aromatic N) is 2. The molecule has 3 nitrogen and oxygen atoms in total. The SMILES string of the molecule is CC(C)c1cc(Br)ccc1OCCCn1ccnc1.Cl. The van der Waals surface area contributed by atoms with Crippen molar-refractivity contribution in [2.75, 3.05) is 6.61 Å². The zero-order chi connectivity index (χ0) is 13.7. The number of hydrogen-bond acceptors (Lipinski definition) is 2. The minimum atomic E-state index is 0. The van der Waals surface area contributed by atoms with Gasteiger partial charge in [0.2, 0.25) is 0 Å². The van der Waals surface area contributed by atoms with Gasteiger partial charge in [-0.2, -0.15) is 0 Å². The van der Waals surface area contributed by atoms with Crippen molar-refractivity contribution in [3.05, 3.63) is 47.0 Å². The van der Waals surface area contributed by atoms with Crippen molar-refractivity contribution in [3.63, 3.8) is 0 Å². The van der Waals surface area contributed by atoms with E-state index in [2.05, 4.69) is 45.4 Å². The van der Waals surface area contributed by atoms with Crippen LogP contribution < -0.4 is 4.74 Å². The highest BCUT2D eigenvalue weighted by Gasteiger charge is 2.08. The molecular formula is C15H20BrClN2O. The van der Waals surface area contributed by atoms with Crippen LogP contribution in [0.2, 0.25) is 0 Å². The molecule has 110 valence electrons. The van der Waals surface area contributed by atoms with Gasteiger partial charge in [0, 0.05) is 23.4 Å². The van der Waals surface area contributed by atoms with Gasteiger partial charge < -0.3 is 9.30 Å². The molecule has 0 fully saturated rings. The smallest absolute Gasteiger partial charge is 0.122 e. The molecule has 1 heterocycles. The molecule has 0 bridgehead atoms. The number of benzene rings is 1. The van der Waals surface area contributed by atoms with Crippen LogP contribution >= 0.6 is 28.3 Å². The van der Waals surface area contributed by atoms with E-state index in [0.717, 1.165) is 29.8 Å². The standard InChI is InChI=1S/C15H19BrN2O.ClH/c1-12(2)14-10-13(16)4-5-15(14)19-9-3-7-18-8-6-17-11-18;/h4-6,8,10-12H,3,7,9H2,1-2H3;1H. The summed E-state index contributed by atoms with van der Waals surface area (Å²) in [6, 6.07) is 6.20. The molecule has 0 saturated heterocycles. The van der Waals surface area contributed by atoms with Crippen LogP contribution in [0.1, 0.15) is 31.7 Å². The summed E-state index contributed by atoms with van der Waals surface area (Å²) in [4.78, 5) is 4.02. The Morgan fingerprint density at radius 1 is 1.35 bits per heavy atom. The Kier molecular flexibility index (Phi) is 7.10. The molecule has 0 unspecified atom stereocenters. The largest absolute Gasteiger partial charge is 0.493 e. The quantitative estimate of drug-likeness (QED) is 0.701. The summed E-state index contributed by atoms with van der Waals surface area (Å²) in [6.07, 6.45) is 6.58. The Morgan fingerprint density at radius 2 is 2.15 bits per heavy atom. The van der Waals surface area contributed by atoms with Gasteiger partial charge in [-0.1, -0.05) is 29.8 Å². The fourth-order valence-electron chi connectivity index (χ4n) is 1.95. The monoisotopic (exact) mass is 358 g/mol. The van der Waals surface area contributed by atoms with Crippen LogP contribution in [0.4, 0.5) is 0 Å². The van der Waals surface area contributed by atoms with E-state index in [4.69, 9.17) is 4.74 Å². The molecule has 0 N–H and O–H groups in total. The Labute approximate surface area is 134 Å². The molecule has 0 amide bonds. The fraction of sp³-hybridized carbons (Fsp3) is 0.400. The molecule has 0 atom stereocenters. The summed E-state index contributed by atoms with van der Waals surface area (Å²) in [7, 11) is 0. The molecule has 0 saturated carbocycles. The normalized spacial score (nSPS) is 10.4. The molecule has 20 heavy (non-hydrogen) atoms. The lowest BCUT2D eigenvalue weighted by Crippen LogP contribution is -2.05. The number of aryl methyl sites for hydroxylation is 1. The molecule has 0 aliphatic rings. The maximum Gasteiger partial charge on any atom is 0.122 e. The van der Waals surface area contributed by atoms with Crippen LogP contribution in [0.3, 0.4) is 0 Å². The first-order chi connectivity index (χ1) is 9.16. The van der Waals surface area contributed by atoms with Gasteiger partial charge in [0.05, 0.1) is 12.9 Å². The summed E-state index contributed by atoms with van der Waals surface area (Å²) in [5.74, 6) is 1.45. The van der Waals surface area contributed by atoms with E-state index in [1.165, 1.54) is 5.56 Å². The van der Waals surface area contributed by atoms with E-state index in [1.54, 1.807) is 6.20 Å². The first-order valence-corrected chi connectivity index (χ1v) is 7.34. The lowest BCUT2D eigenvalue weighted by Gasteiger charge is -2.14. The van der Waals surface area contributed by atoms with Gasteiger partial charge in [0.1, 0.15) is 5.75 Å². The molecule has 1 aromatic heterocycles. The zero-order valence-corrected chi connectivity index (χ0v) is 14.2. The van der Waals surface area contributed by atoms with Crippen LogP contribution in [0.5, 0.6) is 5.75 Å². The van der Waals surface area contributed by atoms with Crippen molar-refractivity contribution >= 4 is 28.3 Å². The Morgan fingerprint density at radius 3 is 2.80 bits per heavy atom. The van der Waals surface area contributed by atoms with E-state index < -0.39 is 0 Å². The van der Waals surface area contributed by atoms with Crippen molar-refractivity contribution in [1.82, 2.24) is 9.55 Å². The molecule has 2 rings (SSSR count). The molecule has 5 heteroatoms. The van der Waals surface area contributed by atoms with E-state index in [0.29, 0.717) is 5.92 Å². The fourth-order valence-corrected chi connectivity index (χ4v) is 2.33. The number of aromatic nitrogens is 2. The number of hydrogen-bond donors (Lipinski definition) is 0. The minimum Gasteiger partial charge on any atom is -0.493 e. The molecule has 0 aliphatic heterocycles. The molecule has 0 radical (unpaired) electrons. The third-order valence-corrected chi connectivity index (χ3v) is 3.46. The second-order valence-electron chi connectivity index (χ2n) is 4.84. The minimum absolute atomic E-state index is 0. The van der Waals surface area contributed by atoms with Gasteiger partial charge >= 0.3 is 0 Å². The van der Waals surface area contributed by atoms with E-state index in [9.17, 15) is 0 Å². The summed E-state index contributed by atoms with van der Waals surface area (Å²) < 4.78 is 9.06. The summed E-state index contributed by atoms with van der Waals surface area (Å²) in [6.45, 7) is 6.02. The van der Waals surface area contributed by atoms with Crippen LogP contribution in [0, 0.1) is 0 Å². The van der Waals surface area contributed by atoms with E-state index in [1.807, 2.05) is 24.7 Å². The van der Waals surface area contributed by atoms with Crippen molar-refractivity contribution in [1.29, 1.82) is 0 Å². The number of imidazole rings is 1. The lowest BCUT2D eigenvalue weighted by atomic mass is 10.0. The Balaban J connectivity index is 0.00000200. The van der Waals surface area contributed by atoms with Crippen molar-refractivity contribution < 1.29 is 4.74 Å². The van der Waals surface area contributed by atoms with Crippen molar-refractivity contribution in [2.45, 2.75) is 32.7 Å². The predicted molar refractivity (Wildman–Crippen MR) is 87.8 cm³/mol. The van der Waals surface area contributed by atoms with Gasteiger partial charge in [0.25, 0.3) is 0 Å². The van der Waals surface area contributed by atoms with Gasteiger partial charge in [-0.05, 0) is 36.1 Å². The predicted octanol–water partition coefficient (Wildman–Crippen LogP) is 4.66. The molecule has 0 aliphatic carbocycles. The van der Waals surface area contributed by atoms with Crippen molar-refractivity contribution in [2.24, 2.45) is 0 Å². The lowest BCUT2D eigenvalue weighted by molar-refractivity contribution is 0.298. The maximum absolute atomic E-state index is 5.90. The molecular weight excluding hydrogens is 340 g/mol. The summed E-state index contributed by atoms with van der Waals surface area (Å²) >= 11 is 3.51. The highest BCUT2D eigenvalue weighted by Crippen LogP contribution is 2.29. The van der Waals surface area contributed by atoms with Crippen LogP contribution in [0.25, 0.3) is 0 Å². The third kappa shape index (κ3) is 4.84. The summed E-state index contributed by atoms with van der Waals surface area (Å²) in [5, 5.41) is 0. The van der Waals surface area contributed by atoms with Crippen LogP contribution in [-0.2, 0) is 6.54 Å². The number of ether oxygens (including phenoxy) is 1. The second kappa shape index (κ2) is 8.32. The van der Waals surface area contributed by atoms with Gasteiger partial charge in [-0.15, -0.1) is 12.4 Å². The highest BCUT2D eigenvalue weighted by molar-refractivity contribution is 9.10. The molecule has 1 aromatic carbocycles. The van der Waals surface area contributed by atoms with Crippen molar-refractivity contribution in [3.8, 4) is 5.75 Å². The Hall–Kier alpha value is -1.00. The first-order valence-electron chi connectivity index (χ1n) is 6.55. The van der Waals surface area contributed by atoms with Gasteiger partial charge in [0.15, 0.2) is 0 Å². The first kappa shape index (κ1) is 17.1. The second-order valence-corrected chi connectivity index (χ2v) is 5.76. The topological polar surface area (TPSA) is 27.1 Å². The molecule has 0 spiro atoms. The average Bonchev–Trinajstić information content (AvgIpc) is 2.89. The number of rotatable bonds is 6. The summed E-state index contributed by atoms with van der Waals surface area (Å²) in [5.41, 5.74) is 1.25. The maximum atomic E-state index is 5.90.